The Bertz CT molecular complexity index is 352. The fourth-order valence-corrected chi connectivity index (χ4v) is 1.43. The lowest BCUT2D eigenvalue weighted by Crippen LogP contribution is -2.28. The van der Waals surface area contributed by atoms with Gasteiger partial charge in [0.25, 0.3) is 0 Å². The van der Waals surface area contributed by atoms with Crippen molar-refractivity contribution >= 4 is 27.5 Å². The van der Waals surface area contributed by atoms with Gasteiger partial charge in [-0.05, 0) is 28.1 Å². The van der Waals surface area contributed by atoms with E-state index in [-0.39, 0.29) is 12.5 Å². The Balaban J connectivity index is 2.44. The molecule has 0 unspecified atom stereocenters. The van der Waals surface area contributed by atoms with Gasteiger partial charge in [0.2, 0.25) is 5.91 Å². The molecule has 2 N–H and O–H groups in total. The molecule has 0 radical (unpaired) electrons. The van der Waals surface area contributed by atoms with Gasteiger partial charge in [-0.25, -0.2) is 0 Å². The van der Waals surface area contributed by atoms with Crippen LogP contribution in [0, 0.1) is 0 Å². The van der Waals surface area contributed by atoms with Crippen LogP contribution in [0.2, 0.25) is 0 Å². The fourth-order valence-electron chi connectivity index (χ4n) is 1.04. The second kappa shape index (κ2) is 6.37. The third kappa shape index (κ3) is 4.27. The molecule has 1 aromatic carbocycles. The van der Waals surface area contributed by atoms with Crippen molar-refractivity contribution in [3.8, 4) is 0 Å². The number of rotatable bonds is 5. The molecule has 1 aromatic rings. The number of carbonyl (C=O) groups is 1. The number of para-hydroxylation sites is 1. The van der Waals surface area contributed by atoms with E-state index in [0.29, 0.717) is 6.54 Å². The first-order chi connectivity index (χ1) is 7.24. The summed E-state index contributed by atoms with van der Waals surface area (Å²) in [4.78, 5) is 11.4. The molecule has 4 heteroatoms. The van der Waals surface area contributed by atoms with Crippen molar-refractivity contribution in [2.75, 3.05) is 18.4 Å². The molecule has 1 amide bonds. The van der Waals surface area contributed by atoms with E-state index >= 15 is 0 Å². The number of hydrogen-bond donors (Lipinski definition) is 2. The minimum atomic E-state index is -0.0660. The molecular formula is C11H13BrN2O. The molecule has 0 aliphatic carbocycles. The largest absolute Gasteiger partial charge is 0.324 e. The van der Waals surface area contributed by atoms with E-state index in [1.54, 1.807) is 6.08 Å². The van der Waals surface area contributed by atoms with Crippen molar-refractivity contribution in [1.82, 2.24) is 5.32 Å². The van der Waals surface area contributed by atoms with Gasteiger partial charge in [0, 0.05) is 11.0 Å². The molecule has 1 rings (SSSR count). The van der Waals surface area contributed by atoms with Crippen LogP contribution < -0.4 is 10.6 Å². The SMILES string of the molecule is C=CCNCC(=O)Nc1ccccc1Br. The van der Waals surface area contributed by atoms with Crippen LogP contribution in [0.3, 0.4) is 0 Å². The molecule has 80 valence electrons. The Kier molecular flexibility index (Phi) is 5.07. The quantitative estimate of drug-likeness (QED) is 0.635. The van der Waals surface area contributed by atoms with Crippen LogP contribution >= 0.6 is 15.9 Å². The van der Waals surface area contributed by atoms with Gasteiger partial charge < -0.3 is 10.6 Å². The van der Waals surface area contributed by atoms with E-state index in [0.717, 1.165) is 10.2 Å². The molecule has 0 aliphatic rings. The average Bonchev–Trinajstić information content (AvgIpc) is 2.22. The van der Waals surface area contributed by atoms with Crippen molar-refractivity contribution < 1.29 is 4.79 Å². The van der Waals surface area contributed by atoms with Crippen LogP contribution in [0.5, 0.6) is 0 Å². The molecule has 0 fully saturated rings. The maximum Gasteiger partial charge on any atom is 0.238 e. The molecular weight excluding hydrogens is 256 g/mol. The van der Waals surface area contributed by atoms with Gasteiger partial charge in [-0.3, -0.25) is 4.79 Å². The average molecular weight is 269 g/mol. The van der Waals surface area contributed by atoms with Gasteiger partial charge in [0.1, 0.15) is 0 Å². The number of benzene rings is 1. The van der Waals surface area contributed by atoms with E-state index in [1.807, 2.05) is 24.3 Å². The van der Waals surface area contributed by atoms with Gasteiger partial charge in [-0.2, -0.15) is 0 Å². The van der Waals surface area contributed by atoms with Crippen LogP contribution in [0.1, 0.15) is 0 Å². The minimum absolute atomic E-state index is 0.0660. The predicted octanol–water partition coefficient (Wildman–Crippen LogP) is 2.16. The summed E-state index contributed by atoms with van der Waals surface area (Å²) in [6, 6.07) is 7.50. The molecule has 3 nitrogen and oxygen atoms in total. The van der Waals surface area contributed by atoms with Gasteiger partial charge in [-0.1, -0.05) is 18.2 Å². The van der Waals surface area contributed by atoms with E-state index in [4.69, 9.17) is 0 Å². The Morgan fingerprint density at radius 2 is 2.20 bits per heavy atom. The first kappa shape index (κ1) is 11.9. The topological polar surface area (TPSA) is 41.1 Å². The number of anilines is 1. The smallest absolute Gasteiger partial charge is 0.238 e. The van der Waals surface area contributed by atoms with Crippen LogP contribution in [0.25, 0.3) is 0 Å². The Morgan fingerprint density at radius 1 is 1.47 bits per heavy atom. The maximum atomic E-state index is 11.4. The summed E-state index contributed by atoms with van der Waals surface area (Å²) in [5, 5.41) is 5.72. The third-order valence-corrected chi connectivity index (χ3v) is 2.41. The third-order valence-electron chi connectivity index (χ3n) is 1.72. The van der Waals surface area contributed by atoms with Crippen molar-refractivity contribution in [2.45, 2.75) is 0 Å². The molecule has 0 saturated carbocycles. The highest BCUT2D eigenvalue weighted by Crippen LogP contribution is 2.20. The monoisotopic (exact) mass is 268 g/mol. The second-order valence-corrected chi connectivity index (χ2v) is 3.80. The lowest BCUT2D eigenvalue weighted by atomic mass is 10.3. The minimum Gasteiger partial charge on any atom is -0.324 e. The lowest BCUT2D eigenvalue weighted by molar-refractivity contribution is -0.115. The number of nitrogens with one attached hydrogen (secondary N) is 2. The van der Waals surface area contributed by atoms with Crippen LogP contribution in [-0.2, 0) is 4.79 Å². The maximum absolute atomic E-state index is 11.4. The van der Waals surface area contributed by atoms with Crippen LogP contribution in [0.4, 0.5) is 5.69 Å². The van der Waals surface area contributed by atoms with E-state index < -0.39 is 0 Å². The van der Waals surface area contributed by atoms with Crippen molar-refractivity contribution in [2.24, 2.45) is 0 Å². The standard InChI is InChI=1S/C11H13BrN2O/c1-2-7-13-8-11(15)14-10-6-4-3-5-9(10)12/h2-6,13H,1,7-8H2,(H,14,15). The summed E-state index contributed by atoms with van der Waals surface area (Å²) in [5.74, 6) is -0.0660. The zero-order valence-electron chi connectivity index (χ0n) is 8.29. The summed E-state index contributed by atoms with van der Waals surface area (Å²) in [5.41, 5.74) is 0.780. The highest BCUT2D eigenvalue weighted by molar-refractivity contribution is 9.10. The second-order valence-electron chi connectivity index (χ2n) is 2.95. The van der Waals surface area contributed by atoms with Crippen LogP contribution in [0.15, 0.2) is 41.4 Å². The summed E-state index contributed by atoms with van der Waals surface area (Å²) in [6.45, 7) is 4.47. The Labute approximate surface area is 97.7 Å². The molecule has 0 atom stereocenters. The first-order valence-electron chi connectivity index (χ1n) is 4.60. The fraction of sp³-hybridized carbons (Fsp3) is 0.182. The highest BCUT2D eigenvalue weighted by Gasteiger charge is 2.03. The number of halogens is 1. The zero-order valence-corrected chi connectivity index (χ0v) is 9.88. The summed E-state index contributed by atoms with van der Waals surface area (Å²) in [7, 11) is 0. The Hall–Kier alpha value is -1.13. The molecule has 0 spiro atoms. The predicted molar refractivity (Wildman–Crippen MR) is 65.8 cm³/mol. The molecule has 0 aliphatic heterocycles. The number of carbonyl (C=O) groups excluding carboxylic acids is 1. The van der Waals surface area contributed by atoms with Crippen molar-refractivity contribution in [1.29, 1.82) is 0 Å². The molecule has 0 bridgehead atoms. The summed E-state index contributed by atoms with van der Waals surface area (Å²) >= 11 is 3.36. The summed E-state index contributed by atoms with van der Waals surface area (Å²) < 4.78 is 0.877. The normalized spacial score (nSPS) is 9.67. The molecule has 15 heavy (non-hydrogen) atoms. The molecule has 0 heterocycles. The van der Waals surface area contributed by atoms with E-state index in [1.165, 1.54) is 0 Å². The van der Waals surface area contributed by atoms with Gasteiger partial charge in [0.15, 0.2) is 0 Å². The molecule has 0 saturated heterocycles. The number of hydrogen-bond acceptors (Lipinski definition) is 2. The Morgan fingerprint density at radius 3 is 2.87 bits per heavy atom. The van der Waals surface area contributed by atoms with Crippen molar-refractivity contribution in [3.63, 3.8) is 0 Å². The molecule has 0 aromatic heterocycles. The van der Waals surface area contributed by atoms with E-state index in [2.05, 4.69) is 33.1 Å². The van der Waals surface area contributed by atoms with Gasteiger partial charge >= 0.3 is 0 Å². The number of amides is 1. The van der Waals surface area contributed by atoms with E-state index in [9.17, 15) is 4.79 Å². The van der Waals surface area contributed by atoms with Gasteiger partial charge in [0.05, 0.1) is 12.2 Å². The first-order valence-corrected chi connectivity index (χ1v) is 5.39. The van der Waals surface area contributed by atoms with Crippen molar-refractivity contribution in [3.05, 3.63) is 41.4 Å². The zero-order chi connectivity index (χ0) is 11.1. The summed E-state index contributed by atoms with van der Waals surface area (Å²) in [6.07, 6.45) is 1.71. The van der Waals surface area contributed by atoms with Gasteiger partial charge in [-0.15, -0.1) is 6.58 Å². The lowest BCUT2D eigenvalue weighted by Gasteiger charge is -2.06. The van der Waals surface area contributed by atoms with Crippen LogP contribution in [-0.4, -0.2) is 19.0 Å². The highest BCUT2D eigenvalue weighted by atomic mass is 79.9.